The first-order valence-corrected chi connectivity index (χ1v) is 9.16. The van der Waals surface area contributed by atoms with Crippen LogP contribution in [-0.2, 0) is 6.54 Å². The van der Waals surface area contributed by atoms with E-state index in [0.717, 1.165) is 48.1 Å². The van der Waals surface area contributed by atoms with Gasteiger partial charge in [0.1, 0.15) is 5.65 Å². The van der Waals surface area contributed by atoms with Gasteiger partial charge in [-0.05, 0) is 62.5 Å². The van der Waals surface area contributed by atoms with Gasteiger partial charge in [0.25, 0.3) is 0 Å². The number of fused-ring (bicyclic) bond motifs is 1. The Balaban J connectivity index is 1.80. The fourth-order valence-corrected chi connectivity index (χ4v) is 3.75. The van der Waals surface area contributed by atoms with Crippen LogP contribution >= 0.6 is 0 Å². The Morgan fingerprint density at radius 3 is 2.72 bits per heavy atom. The van der Waals surface area contributed by atoms with Crippen molar-refractivity contribution in [1.29, 1.82) is 0 Å². The summed E-state index contributed by atoms with van der Waals surface area (Å²) in [6, 6.07) is 12.3. The number of rotatable bonds is 3. The highest BCUT2D eigenvalue weighted by Gasteiger charge is 2.21. The number of hydrogen-bond acceptors (Lipinski definition) is 3. The summed E-state index contributed by atoms with van der Waals surface area (Å²) in [6.45, 7) is 7.74. The Morgan fingerprint density at radius 1 is 1.16 bits per heavy atom. The minimum Gasteiger partial charge on any atom is -0.399 e. The third kappa shape index (κ3) is 3.14. The van der Waals surface area contributed by atoms with E-state index in [4.69, 9.17) is 10.7 Å². The van der Waals surface area contributed by atoms with Crippen molar-refractivity contribution in [3.63, 3.8) is 0 Å². The molecule has 1 saturated heterocycles. The number of likely N-dealkylation sites (tertiary alicyclic amines) is 1. The molecule has 3 aromatic rings. The Labute approximate surface area is 149 Å². The second-order valence-corrected chi connectivity index (χ2v) is 7.38. The quantitative estimate of drug-likeness (QED) is 0.733. The van der Waals surface area contributed by atoms with Crippen molar-refractivity contribution in [3.05, 3.63) is 53.9 Å². The van der Waals surface area contributed by atoms with Gasteiger partial charge in [0.2, 0.25) is 0 Å². The number of aryl methyl sites for hydroxylation is 1. The SMILES string of the molecule is Cc1cccn2c(CN3CCC(C)CC3)c(-c3cccc(N)c3)nc12. The maximum atomic E-state index is 6.02. The van der Waals surface area contributed by atoms with Gasteiger partial charge >= 0.3 is 0 Å². The molecule has 2 aromatic heterocycles. The van der Waals surface area contributed by atoms with Gasteiger partial charge in [-0.1, -0.05) is 25.1 Å². The lowest BCUT2D eigenvalue weighted by Crippen LogP contribution is -2.32. The molecule has 0 radical (unpaired) electrons. The predicted octanol–water partition coefficient (Wildman–Crippen LogP) is 4.12. The van der Waals surface area contributed by atoms with Gasteiger partial charge in [0.05, 0.1) is 11.4 Å². The Hall–Kier alpha value is -2.33. The molecule has 0 bridgehead atoms. The van der Waals surface area contributed by atoms with E-state index in [1.54, 1.807) is 0 Å². The fourth-order valence-electron chi connectivity index (χ4n) is 3.75. The molecule has 4 heteroatoms. The molecule has 1 fully saturated rings. The van der Waals surface area contributed by atoms with E-state index in [0.29, 0.717) is 0 Å². The average molecular weight is 334 g/mol. The normalized spacial score (nSPS) is 16.6. The van der Waals surface area contributed by atoms with Crippen LogP contribution in [0.5, 0.6) is 0 Å². The molecule has 0 aliphatic carbocycles. The summed E-state index contributed by atoms with van der Waals surface area (Å²) >= 11 is 0. The molecule has 3 heterocycles. The van der Waals surface area contributed by atoms with Crippen LogP contribution < -0.4 is 5.73 Å². The molecule has 25 heavy (non-hydrogen) atoms. The van der Waals surface area contributed by atoms with E-state index < -0.39 is 0 Å². The molecule has 2 N–H and O–H groups in total. The first-order chi connectivity index (χ1) is 12.1. The maximum absolute atomic E-state index is 6.02. The molecule has 0 amide bonds. The minimum atomic E-state index is 0.782. The van der Waals surface area contributed by atoms with Gasteiger partial charge in [-0.25, -0.2) is 4.98 Å². The van der Waals surface area contributed by atoms with Crippen molar-refractivity contribution in [2.75, 3.05) is 18.8 Å². The van der Waals surface area contributed by atoms with E-state index >= 15 is 0 Å². The second-order valence-electron chi connectivity index (χ2n) is 7.38. The molecular weight excluding hydrogens is 308 g/mol. The average Bonchev–Trinajstić information content (AvgIpc) is 2.97. The van der Waals surface area contributed by atoms with Gasteiger partial charge in [-0.15, -0.1) is 0 Å². The minimum absolute atomic E-state index is 0.782. The van der Waals surface area contributed by atoms with Gasteiger partial charge in [0.15, 0.2) is 0 Å². The number of piperidine rings is 1. The molecule has 1 aliphatic rings. The monoisotopic (exact) mass is 334 g/mol. The van der Waals surface area contributed by atoms with Crippen LogP contribution in [0.25, 0.3) is 16.9 Å². The van der Waals surface area contributed by atoms with Crippen molar-refractivity contribution in [2.24, 2.45) is 5.92 Å². The van der Waals surface area contributed by atoms with E-state index in [1.807, 2.05) is 18.2 Å². The first kappa shape index (κ1) is 16.2. The number of nitrogen functional groups attached to an aromatic ring is 1. The highest BCUT2D eigenvalue weighted by Crippen LogP contribution is 2.29. The molecule has 0 saturated carbocycles. The summed E-state index contributed by atoms with van der Waals surface area (Å²) in [7, 11) is 0. The smallest absolute Gasteiger partial charge is 0.140 e. The molecule has 0 atom stereocenters. The van der Waals surface area contributed by atoms with Crippen molar-refractivity contribution >= 4 is 11.3 Å². The van der Waals surface area contributed by atoms with Crippen molar-refractivity contribution in [1.82, 2.24) is 14.3 Å². The lowest BCUT2D eigenvalue weighted by atomic mass is 9.99. The predicted molar refractivity (Wildman–Crippen MR) is 103 cm³/mol. The molecule has 0 unspecified atom stereocenters. The number of aromatic nitrogens is 2. The van der Waals surface area contributed by atoms with Crippen molar-refractivity contribution in [3.8, 4) is 11.3 Å². The van der Waals surface area contributed by atoms with Crippen molar-refractivity contribution in [2.45, 2.75) is 33.2 Å². The molecule has 0 spiro atoms. The summed E-state index contributed by atoms with van der Waals surface area (Å²) in [5.41, 5.74) is 12.5. The zero-order chi connectivity index (χ0) is 17.4. The van der Waals surface area contributed by atoms with Crippen LogP contribution in [0.15, 0.2) is 42.6 Å². The number of benzene rings is 1. The lowest BCUT2D eigenvalue weighted by molar-refractivity contribution is 0.183. The van der Waals surface area contributed by atoms with Crippen molar-refractivity contribution < 1.29 is 0 Å². The van der Waals surface area contributed by atoms with Gasteiger partial charge in [-0.2, -0.15) is 0 Å². The largest absolute Gasteiger partial charge is 0.399 e. The third-order valence-corrected chi connectivity index (χ3v) is 5.35. The number of anilines is 1. The Kier molecular flexibility index (Phi) is 4.22. The van der Waals surface area contributed by atoms with E-state index in [1.165, 1.54) is 24.1 Å². The van der Waals surface area contributed by atoms with Crippen LogP contribution in [-0.4, -0.2) is 27.4 Å². The standard InChI is InChI=1S/C21H26N4/c1-15-8-11-24(12-9-15)14-19-20(17-6-3-7-18(22)13-17)23-21-16(2)5-4-10-25(19)21/h3-7,10,13,15H,8-9,11-12,14,22H2,1-2H3. The highest BCUT2D eigenvalue weighted by atomic mass is 15.2. The molecule has 4 rings (SSSR count). The number of imidazole rings is 1. The molecule has 4 nitrogen and oxygen atoms in total. The second kappa shape index (κ2) is 6.52. The van der Waals surface area contributed by atoms with Crippen LogP contribution in [0.2, 0.25) is 0 Å². The van der Waals surface area contributed by atoms with Gasteiger partial charge in [0, 0.05) is 24.0 Å². The first-order valence-electron chi connectivity index (χ1n) is 9.16. The number of nitrogens with two attached hydrogens (primary N) is 1. The maximum Gasteiger partial charge on any atom is 0.140 e. The van der Waals surface area contributed by atoms with E-state index in [2.05, 4.69) is 47.5 Å². The fraction of sp³-hybridized carbons (Fsp3) is 0.381. The van der Waals surface area contributed by atoms with Crippen LogP contribution in [0, 0.1) is 12.8 Å². The summed E-state index contributed by atoms with van der Waals surface area (Å²) in [6.07, 6.45) is 4.69. The van der Waals surface area contributed by atoms with Gasteiger partial charge < -0.3 is 10.1 Å². The molecule has 130 valence electrons. The lowest BCUT2D eigenvalue weighted by Gasteiger charge is -2.30. The number of nitrogens with zero attached hydrogens (tertiary/aromatic N) is 3. The Bertz CT molecular complexity index is 888. The highest BCUT2D eigenvalue weighted by molar-refractivity contribution is 5.70. The van der Waals surface area contributed by atoms with Crippen LogP contribution in [0.4, 0.5) is 5.69 Å². The molecule has 1 aromatic carbocycles. The number of pyridine rings is 1. The third-order valence-electron chi connectivity index (χ3n) is 5.35. The summed E-state index contributed by atoms with van der Waals surface area (Å²) in [4.78, 5) is 7.54. The summed E-state index contributed by atoms with van der Waals surface area (Å²) < 4.78 is 2.26. The topological polar surface area (TPSA) is 46.6 Å². The summed E-state index contributed by atoms with van der Waals surface area (Å²) in [5.74, 6) is 0.842. The van der Waals surface area contributed by atoms with Crippen LogP contribution in [0.3, 0.4) is 0 Å². The zero-order valence-electron chi connectivity index (χ0n) is 15.1. The van der Waals surface area contributed by atoms with Gasteiger partial charge in [-0.3, -0.25) is 4.90 Å². The van der Waals surface area contributed by atoms with E-state index in [-0.39, 0.29) is 0 Å². The summed E-state index contributed by atoms with van der Waals surface area (Å²) in [5, 5.41) is 0. The molecular formula is C21H26N4. The van der Waals surface area contributed by atoms with E-state index in [9.17, 15) is 0 Å². The number of hydrogen-bond donors (Lipinski definition) is 1. The van der Waals surface area contributed by atoms with Crippen LogP contribution in [0.1, 0.15) is 31.0 Å². The molecule has 1 aliphatic heterocycles. The zero-order valence-corrected chi connectivity index (χ0v) is 15.1. The Morgan fingerprint density at radius 2 is 1.96 bits per heavy atom.